The molecule has 0 bridgehead atoms. The first-order valence-corrected chi connectivity index (χ1v) is 9.75. The van der Waals surface area contributed by atoms with Crippen LogP contribution in [0.1, 0.15) is 71.6 Å². The number of aliphatic hydroxyl groups excluding tert-OH is 1. The van der Waals surface area contributed by atoms with E-state index in [1.165, 1.54) is 0 Å². The molecule has 0 aromatic carbocycles. The number of unbranched alkanes of at least 4 members (excludes halogenated alkanes) is 1. The molecule has 4 nitrogen and oxygen atoms in total. The Bertz CT molecular complexity index is 467. The van der Waals surface area contributed by atoms with Crippen molar-refractivity contribution in [1.29, 1.82) is 0 Å². The van der Waals surface area contributed by atoms with E-state index < -0.39 is 12.1 Å². The highest BCUT2D eigenvalue weighted by Crippen LogP contribution is 2.33. The molecule has 0 heterocycles. The average molecular weight is 350 g/mol. The Hall–Kier alpha value is -1.42. The predicted octanol–water partition coefficient (Wildman–Crippen LogP) is 4.53. The monoisotopic (exact) mass is 350 g/mol. The number of Topliss-reactive ketones (excluding diaryl/α,β-unsaturated/α-hetero) is 1. The fourth-order valence-corrected chi connectivity index (χ4v) is 3.61. The number of carbonyl (C=O) groups is 2. The van der Waals surface area contributed by atoms with Gasteiger partial charge in [-0.15, -0.1) is 0 Å². The van der Waals surface area contributed by atoms with E-state index >= 15 is 0 Å². The van der Waals surface area contributed by atoms with Crippen LogP contribution in [0.15, 0.2) is 24.3 Å². The number of rotatable bonds is 12. The van der Waals surface area contributed by atoms with Crippen molar-refractivity contribution >= 4 is 11.8 Å². The van der Waals surface area contributed by atoms with E-state index in [0.717, 1.165) is 44.9 Å². The van der Waals surface area contributed by atoms with Crippen molar-refractivity contribution in [3.05, 3.63) is 24.3 Å². The van der Waals surface area contributed by atoms with Crippen LogP contribution < -0.4 is 0 Å². The summed E-state index contributed by atoms with van der Waals surface area (Å²) in [5.74, 6) is -0.0246. The van der Waals surface area contributed by atoms with Gasteiger partial charge in [0.15, 0.2) is 0 Å². The lowest BCUT2D eigenvalue weighted by atomic mass is 9.88. The van der Waals surface area contributed by atoms with Crippen LogP contribution in [0.2, 0.25) is 0 Å². The molecule has 2 unspecified atom stereocenters. The molecule has 142 valence electrons. The van der Waals surface area contributed by atoms with Gasteiger partial charge in [0.2, 0.25) is 0 Å². The maximum Gasteiger partial charge on any atom is 0.307 e. The van der Waals surface area contributed by atoms with Crippen molar-refractivity contribution in [3.63, 3.8) is 0 Å². The summed E-state index contributed by atoms with van der Waals surface area (Å²) in [6.45, 7) is 4.28. The number of carbonyl (C=O) groups excluding carboxylic acids is 1. The van der Waals surface area contributed by atoms with Gasteiger partial charge < -0.3 is 10.2 Å². The molecule has 0 spiro atoms. The highest BCUT2D eigenvalue weighted by molar-refractivity contribution is 5.83. The number of aliphatic carboxylic acids is 1. The number of ketones is 1. The predicted molar refractivity (Wildman–Crippen MR) is 100 cm³/mol. The maximum atomic E-state index is 12.1. The molecule has 4 atom stereocenters. The first-order chi connectivity index (χ1) is 12.0. The SMILES string of the molecule is CCCCC(CC)C(O)C=C[C@@H]1CCC(=O)[C@H]1CCC=CCC(=O)O. The number of hydrogen-bond acceptors (Lipinski definition) is 3. The van der Waals surface area contributed by atoms with E-state index in [2.05, 4.69) is 19.9 Å². The zero-order valence-electron chi connectivity index (χ0n) is 15.7. The second-order valence-corrected chi connectivity index (χ2v) is 7.11. The van der Waals surface area contributed by atoms with Crippen molar-refractivity contribution in [2.45, 2.75) is 77.7 Å². The van der Waals surface area contributed by atoms with Crippen LogP contribution in [0.25, 0.3) is 0 Å². The summed E-state index contributed by atoms with van der Waals surface area (Å²) in [7, 11) is 0. The molecule has 25 heavy (non-hydrogen) atoms. The molecule has 1 aliphatic rings. The van der Waals surface area contributed by atoms with Gasteiger partial charge in [0.25, 0.3) is 0 Å². The van der Waals surface area contributed by atoms with Crippen LogP contribution in [-0.4, -0.2) is 28.1 Å². The zero-order chi connectivity index (χ0) is 18.7. The van der Waals surface area contributed by atoms with E-state index in [1.807, 2.05) is 12.2 Å². The lowest BCUT2D eigenvalue weighted by Gasteiger charge is -2.20. The molecule has 2 N–H and O–H groups in total. The van der Waals surface area contributed by atoms with E-state index in [4.69, 9.17) is 5.11 Å². The first-order valence-electron chi connectivity index (χ1n) is 9.75. The van der Waals surface area contributed by atoms with Crippen molar-refractivity contribution in [1.82, 2.24) is 0 Å². The van der Waals surface area contributed by atoms with Gasteiger partial charge in [0, 0.05) is 12.3 Å². The van der Waals surface area contributed by atoms with Gasteiger partial charge in [-0.05, 0) is 37.5 Å². The van der Waals surface area contributed by atoms with Crippen molar-refractivity contribution in [2.24, 2.45) is 17.8 Å². The number of carboxylic acid groups (broad SMARTS) is 1. The summed E-state index contributed by atoms with van der Waals surface area (Å²) in [6, 6.07) is 0. The summed E-state index contributed by atoms with van der Waals surface area (Å²) in [5.41, 5.74) is 0. The summed E-state index contributed by atoms with van der Waals surface area (Å²) < 4.78 is 0. The molecule has 1 aliphatic carbocycles. The van der Waals surface area contributed by atoms with Crippen LogP contribution in [0.3, 0.4) is 0 Å². The van der Waals surface area contributed by atoms with Crippen LogP contribution in [0, 0.1) is 17.8 Å². The summed E-state index contributed by atoms with van der Waals surface area (Å²) >= 11 is 0. The molecule has 0 aromatic heterocycles. The minimum absolute atomic E-state index is 0.00801. The summed E-state index contributed by atoms with van der Waals surface area (Å²) in [6.07, 6.45) is 14.3. The topological polar surface area (TPSA) is 74.6 Å². The number of aliphatic hydroxyl groups is 1. The zero-order valence-corrected chi connectivity index (χ0v) is 15.7. The van der Waals surface area contributed by atoms with Crippen molar-refractivity contribution < 1.29 is 19.8 Å². The Morgan fingerprint density at radius 3 is 2.72 bits per heavy atom. The molecular weight excluding hydrogens is 316 g/mol. The van der Waals surface area contributed by atoms with E-state index in [0.29, 0.717) is 18.1 Å². The highest BCUT2D eigenvalue weighted by Gasteiger charge is 2.32. The normalized spacial score (nSPS) is 23.6. The van der Waals surface area contributed by atoms with Gasteiger partial charge >= 0.3 is 5.97 Å². The Morgan fingerprint density at radius 1 is 1.32 bits per heavy atom. The van der Waals surface area contributed by atoms with Crippen molar-refractivity contribution in [2.75, 3.05) is 0 Å². The van der Waals surface area contributed by atoms with E-state index in [1.54, 1.807) is 6.08 Å². The summed E-state index contributed by atoms with van der Waals surface area (Å²) in [4.78, 5) is 22.6. The minimum atomic E-state index is -0.837. The molecule has 4 heteroatoms. The van der Waals surface area contributed by atoms with E-state index in [9.17, 15) is 14.7 Å². The van der Waals surface area contributed by atoms with Crippen LogP contribution >= 0.6 is 0 Å². The highest BCUT2D eigenvalue weighted by atomic mass is 16.4. The lowest BCUT2D eigenvalue weighted by molar-refractivity contribution is -0.136. The number of allylic oxidation sites excluding steroid dienone is 2. The van der Waals surface area contributed by atoms with Gasteiger partial charge in [-0.2, -0.15) is 0 Å². The Morgan fingerprint density at radius 2 is 2.08 bits per heavy atom. The second-order valence-electron chi connectivity index (χ2n) is 7.11. The number of hydrogen-bond donors (Lipinski definition) is 2. The van der Waals surface area contributed by atoms with Gasteiger partial charge in [-0.3, -0.25) is 9.59 Å². The Kier molecular flexibility index (Phi) is 10.4. The molecule has 0 radical (unpaired) electrons. The van der Waals surface area contributed by atoms with Gasteiger partial charge in [-0.1, -0.05) is 57.4 Å². The van der Waals surface area contributed by atoms with Gasteiger partial charge in [0.05, 0.1) is 12.5 Å². The van der Waals surface area contributed by atoms with Crippen molar-refractivity contribution in [3.8, 4) is 0 Å². The fourth-order valence-electron chi connectivity index (χ4n) is 3.61. The van der Waals surface area contributed by atoms with Crippen LogP contribution in [0.5, 0.6) is 0 Å². The molecular formula is C21H34O4. The first kappa shape index (κ1) is 21.6. The molecule has 0 aromatic rings. The van der Waals surface area contributed by atoms with Crippen LogP contribution in [-0.2, 0) is 9.59 Å². The minimum Gasteiger partial charge on any atom is -0.481 e. The molecule has 1 fully saturated rings. The second kappa shape index (κ2) is 12.0. The lowest BCUT2D eigenvalue weighted by Crippen LogP contribution is -2.18. The third-order valence-corrected chi connectivity index (χ3v) is 5.25. The van der Waals surface area contributed by atoms with Gasteiger partial charge in [0.1, 0.15) is 5.78 Å². The molecule has 0 aliphatic heterocycles. The summed E-state index contributed by atoms with van der Waals surface area (Å²) in [5, 5.41) is 19.0. The maximum absolute atomic E-state index is 12.1. The Balaban J connectivity index is 2.52. The fraction of sp³-hybridized carbons (Fsp3) is 0.714. The smallest absolute Gasteiger partial charge is 0.307 e. The average Bonchev–Trinajstić information content (AvgIpc) is 2.93. The third-order valence-electron chi connectivity index (χ3n) is 5.25. The van der Waals surface area contributed by atoms with Gasteiger partial charge in [-0.25, -0.2) is 0 Å². The number of carboxylic acids is 1. The standard InChI is InChI=1S/C21H34O4/c1-3-5-9-16(4-2)19(22)14-12-17-13-15-20(23)18(17)10-7-6-8-11-21(24)25/h6,8,12,14,16-19,22H,3-5,7,9-11,13,15H2,1-2H3,(H,24,25)/t16?,17-,18+,19?/m1/s1. The quantitative estimate of drug-likeness (QED) is 0.507. The molecule has 0 saturated heterocycles. The van der Waals surface area contributed by atoms with E-state index in [-0.39, 0.29) is 18.3 Å². The Labute approximate surface area is 152 Å². The molecule has 1 saturated carbocycles. The van der Waals surface area contributed by atoms with Crippen LogP contribution in [0.4, 0.5) is 0 Å². The molecule has 0 amide bonds. The largest absolute Gasteiger partial charge is 0.481 e. The third kappa shape index (κ3) is 8.00. The molecule has 1 rings (SSSR count).